The van der Waals surface area contributed by atoms with Crippen LogP contribution in [0.4, 0.5) is 17.1 Å². The molecule has 0 bridgehead atoms. The van der Waals surface area contributed by atoms with Gasteiger partial charge in [-0.25, -0.2) is 0 Å². The van der Waals surface area contributed by atoms with Crippen LogP contribution in [0.2, 0.25) is 0 Å². The molecule has 3 rings (SSSR count). The minimum absolute atomic E-state index is 0.0113. The normalized spacial score (nSPS) is 14.6. The van der Waals surface area contributed by atoms with Crippen LogP contribution >= 0.6 is 11.6 Å². The van der Waals surface area contributed by atoms with Gasteiger partial charge in [0.1, 0.15) is 5.88 Å². The van der Waals surface area contributed by atoms with E-state index in [4.69, 9.17) is 11.6 Å². The first-order valence-corrected chi connectivity index (χ1v) is 9.02. The van der Waals surface area contributed by atoms with E-state index in [2.05, 4.69) is 36.5 Å². The van der Waals surface area contributed by atoms with Crippen molar-refractivity contribution in [1.82, 2.24) is 0 Å². The van der Waals surface area contributed by atoms with Crippen molar-refractivity contribution in [3.63, 3.8) is 0 Å². The van der Waals surface area contributed by atoms with Crippen molar-refractivity contribution in [2.45, 2.75) is 38.6 Å². The van der Waals surface area contributed by atoms with Crippen LogP contribution in [0.5, 0.6) is 0 Å². The zero-order chi connectivity index (χ0) is 16.9. The molecule has 0 unspecified atom stereocenters. The molecule has 1 saturated carbocycles. The Morgan fingerprint density at radius 1 is 1.04 bits per heavy atom. The van der Waals surface area contributed by atoms with Gasteiger partial charge < -0.3 is 10.2 Å². The third kappa shape index (κ3) is 3.90. The van der Waals surface area contributed by atoms with Gasteiger partial charge in [0.05, 0.1) is 0 Å². The summed E-state index contributed by atoms with van der Waals surface area (Å²) >= 11 is 5.82. The highest BCUT2D eigenvalue weighted by Gasteiger charge is 2.27. The van der Waals surface area contributed by atoms with E-state index in [1.54, 1.807) is 0 Å². The number of rotatable bonds is 5. The molecule has 0 aromatic heterocycles. The van der Waals surface area contributed by atoms with Gasteiger partial charge in [0.25, 0.3) is 0 Å². The number of nitrogens with zero attached hydrogens (tertiary/aromatic N) is 1. The Morgan fingerprint density at radius 2 is 1.58 bits per heavy atom. The van der Waals surface area contributed by atoms with Gasteiger partial charge in [0, 0.05) is 23.1 Å². The van der Waals surface area contributed by atoms with Crippen LogP contribution in [0.3, 0.4) is 0 Å². The molecule has 2 aromatic carbocycles. The maximum Gasteiger partial charge on any atom is 0.242 e. The molecular formula is C20H23ClN2O. The molecule has 1 amide bonds. The largest absolute Gasteiger partial charge is 0.356 e. The minimum Gasteiger partial charge on any atom is -0.356 e. The van der Waals surface area contributed by atoms with E-state index in [0.717, 1.165) is 29.9 Å². The van der Waals surface area contributed by atoms with E-state index in [9.17, 15) is 4.79 Å². The van der Waals surface area contributed by atoms with E-state index < -0.39 is 0 Å². The highest BCUT2D eigenvalue weighted by molar-refractivity contribution is 6.29. The topological polar surface area (TPSA) is 32.3 Å². The molecular weight excluding hydrogens is 320 g/mol. The summed E-state index contributed by atoms with van der Waals surface area (Å²) in [4.78, 5) is 14.2. The molecule has 1 fully saturated rings. The molecule has 2 aromatic rings. The fourth-order valence-corrected chi connectivity index (χ4v) is 3.42. The molecule has 3 nitrogen and oxygen atoms in total. The Morgan fingerprint density at radius 3 is 2.12 bits per heavy atom. The monoisotopic (exact) mass is 342 g/mol. The van der Waals surface area contributed by atoms with E-state index in [-0.39, 0.29) is 17.8 Å². The standard InChI is InChI=1S/C20H23ClN2O/c1-15-6-8-16(9-7-15)22-17-10-12-19(13-11-17)23(20(24)14-21)18-4-2-3-5-18/h6-13,18,22H,2-5,14H2,1H3. The van der Waals surface area contributed by atoms with Crippen molar-refractivity contribution in [3.05, 3.63) is 54.1 Å². The molecule has 24 heavy (non-hydrogen) atoms. The molecule has 0 heterocycles. The smallest absolute Gasteiger partial charge is 0.242 e. The molecule has 0 aliphatic heterocycles. The summed E-state index contributed by atoms with van der Waals surface area (Å²) in [7, 11) is 0. The van der Waals surface area contributed by atoms with Crippen LogP contribution in [0.1, 0.15) is 31.2 Å². The summed E-state index contributed by atoms with van der Waals surface area (Å²) < 4.78 is 0. The van der Waals surface area contributed by atoms with Gasteiger partial charge in [-0.3, -0.25) is 4.79 Å². The summed E-state index contributed by atoms with van der Waals surface area (Å²) in [5, 5.41) is 3.38. The summed E-state index contributed by atoms with van der Waals surface area (Å²) in [6.45, 7) is 2.07. The lowest BCUT2D eigenvalue weighted by atomic mass is 10.1. The molecule has 1 aliphatic rings. The predicted molar refractivity (Wildman–Crippen MR) is 101 cm³/mol. The third-order valence-corrected chi connectivity index (χ3v) is 4.79. The van der Waals surface area contributed by atoms with Crippen molar-refractivity contribution in [1.29, 1.82) is 0 Å². The summed E-state index contributed by atoms with van der Waals surface area (Å²) in [5.41, 5.74) is 4.23. The summed E-state index contributed by atoms with van der Waals surface area (Å²) in [6, 6.07) is 16.6. The van der Waals surface area contributed by atoms with Crippen LogP contribution in [0.25, 0.3) is 0 Å². The van der Waals surface area contributed by atoms with Gasteiger partial charge in [-0.05, 0) is 56.2 Å². The van der Waals surface area contributed by atoms with E-state index in [0.29, 0.717) is 0 Å². The number of carbonyl (C=O) groups excluding carboxylic acids is 1. The Balaban J connectivity index is 1.76. The van der Waals surface area contributed by atoms with Gasteiger partial charge in [0.15, 0.2) is 0 Å². The number of hydrogen-bond acceptors (Lipinski definition) is 2. The Bertz CT molecular complexity index is 676. The van der Waals surface area contributed by atoms with Crippen LogP contribution in [-0.4, -0.2) is 17.8 Å². The van der Waals surface area contributed by atoms with E-state index in [1.807, 2.05) is 29.2 Å². The first-order valence-electron chi connectivity index (χ1n) is 8.49. The van der Waals surface area contributed by atoms with Gasteiger partial charge in [-0.2, -0.15) is 0 Å². The zero-order valence-electron chi connectivity index (χ0n) is 14.0. The Labute approximate surface area is 148 Å². The van der Waals surface area contributed by atoms with E-state index >= 15 is 0 Å². The average Bonchev–Trinajstić information content (AvgIpc) is 3.12. The Hall–Kier alpha value is -2.00. The number of nitrogens with one attached hydrogen (secondary N) is 1. The number of hydrogen-bond donors (Lipinski definition) is 1. The van der Waals surface area contributed by atoms with Gasteiger partial charge in [-0.15, -0.1) is 11.6 Å². The molecule has 0 radical (unpaired) electrons. The van der Waals surface area contributed by atoms with Crippen molar-refractivity contribution in [3.8, 4) is 0 Å². The lowest BCUT2D eigenvalue weighted by molar-refractivity contribution is -0.116. The van der Waals surface area contributed by atoms with E-state index in [1.165, 1.54) is 18.4 Å². The predicted octanol–water partition coefficient (Wildman–Crippen LogP) is 5.25. The Kier molecular flexibility index (Phi) is 5.41. The molecule has 0 atom stereocenters. The summed E-state index contributed by atoms with van der Waals surface area (Å²) in [5.74, 6) is 0.0164. The molecule has 0 saturated heterocycles. The molecule has 4 heteroatoms. The first kappa shape index (κ1) is 16.8. The van der Waals surface area contributed by atoms with Gasteiger partial charge in [-0.1, -0.05) is 30.5 Å². The van der Waals surface area contributed by atoms with Crippen LogP contribution < -0.4 is 10.2 Å². The number of benzene rings is 2. The lowest BCUT2D eigenvalue weighted by Gasteiger charge is -2.28. The highest BCUT2D eigenvalue weighted by atomic mass is 35.5. The van der Waals surface area contributed by atoms with Crippen molar-refractivity contribution < 1.29 is 4.79 Å². The number of carbonyl (C=O) groups is 1. The fourth-order valence-electron chi connectivity index (χ4n) is 3.29. The van der Waals surface area contributed by atoms with Crippen molar-refractivity contribution in [2.24, 2.45) is 0 Å². The molecule has 0 spiro atoms. The fraction of sp³-hybridized carbons (Fsp3) is 0.350. The number of alkyl halides is 1. The second-order valence-corrected chi connectivity index (χ2v) is 6.64. The maximum absolute atomic E-state index is 12.3. The van der Waals surface area contributed by atoms with Crippen LogP contribution in [-0.2, 0) is 4.79 Å². The van der Waals surface area contributed by atoms with Gasteiger partial charge in [0.2, 0.25) is 5.91 Å². The average molecular weight is 343 g/mol. The second-order valence-electron chi connectivity index (χ2n) is 6.37. The van der Waals surface area contributed by atoms with Crippen molar-refractivity contribution in [2.75, 3.05) is 16.1 Å². The van der Waals surface area contributed by atoms with Crippen LogP contribution in [0, 0.1) is 6.92 Å². The lowest BCUT2D eigenvalue weighted by Crippen LogP contribution is -2.39. The number of halogens is 1. The molecule has 126 valence electrons. The second kappa shape index (κ2) is 7.71. The quantitative estimate of drug-likeness (QED) is 0.752. The SMILES string of the molecule is Cc1ccc(Nc2ccc(N(C(=O)CCl)C3CCCC3)cc2)cc1. The molecule has 1 N–H and O–H groups in total. The highest BCUT2D eigenvalue weighted by Crippen LogP contribution is 2.30. The number of amides is 1. The maximum atomic E-state index is 12.3. The third-order valence-electron chi connectivity index (χ3n) is 4.56. The van der Waals surface area contributed by atoms with Crippen molar-refractivity contribution >= 4 is 34.6 Å². The minimum atomic E-state index is -0.0113. The van der Waals surface area contributed by atoms with Crippen LogP contribution in [0.15, 0.2) is 48.5 Å². The van der Waals surface area contributed by atoms with Gasteiger partial charge >= 0.3 is 0 Å². The summed E-state index contributed by atoms with van der Waals surface area (Å²) in [6.07, 6.45) is 4.49. The first-order chi connectivity index (χ1) is 11.7. The number of aryl methyl sites for hydroxylation is 1. The zero-order valence-corrected chi connectivity index (χ0v) is 14.7. The number of anilines is 3. The molecule has 1 aliphatic carbocycles.